The third kappa shape index (κ3) is 5.84. The Balaban J connectivity index is 2.11. The average molecular weight is 430 g/mol. The second-order valence-corrected chi connectivity index (χ2v) is 10.3. The summed E-state index contributed by atoms with van der Waals surface area (Å²) in [5.41, 5.74) is 0.446. The SMILES string of the molecule is Cc1ccc([N+](=O)[O-])cc1N(C(C)C(=O)NCCSC1CCCC1)S(C)(=O)=O. The number of thioether (sulfide) groups is 1. The zero-order valence-electron chi connectivity index (χ0n) is 16.4. The first-order chi connectivity index (χ1) is 13.1. The number of hydrogen-bond acceptors (Lipinski definition) is 6. The lowest BCUT2D eigenvalue weighted by Gasteiger charge is -2.29. The molecule has 10 heteroatoms. The molecule has 0 radical (unpaired) electrons. The molecule has 0 aromatic heterocycles. The van der Waals surface area contributed by atoms with Crippen LogP contribution in [-0.4, -0.2) is 49.1 Å². The van der Waals surface area contributed by atoms with Crippen LogP contribution in [0.25, 0.3) is 0 Å². The van der Waals surface area contributed by atoms with E-state index in [1.165, 1.54) is 50.8 Å². The minimum absolute atomic E-state index is 0.139. The van der Waals surface area contributed by atoms with Gasteiger partial charge in [-0.15, -0.1) is 0 Å². The fourth-order valence-electron chi connectivity index (χ4n) is 3.33. The molecule has 0 heterocycles. The summed E-state index contributed by atoms with van der Waals surface area (Å²) >= 11 is 1.83. The van der Waals surface area contributed by atoms with Gasteiger partial charge in [0.05, 0.1) is 16.9 Å². The summed E-state index contributed by atoms with van der Waals surface area (Å²) in [6, 6.07) is 2.96. The predicted molar refractivity (Wildman–Crippen MR) is 112 cm³/mol. The van der Waals surface area contributed by atoms with E-state index in [0.29, 0.717) is 17.4 Å². The van der Waals surface area contributed by atoms with Gasteiger partial charge in [0.1, 0.15) is 6.04 Å². The molecule has 1 aliphatic rings. The number of non-ortho nitro benzene ring substituents is 1. The molecule has 1 aromatic carbocycles. The van der Waals surface area contributed by atoms with Crippen LogP contribution in [0.5, 0.6) is 0 Å². The molecule has 1 saturated carbocycles. The van der Waals surface area contributed by atoms with Crippen molar-refractivity contribution in [2.24, 2.45) is 0 Å². The van der Waals surface area contributed by atoms with Gasteiger partial charge in [-0.25, -0.2) is 8.42 Å². The van der Waals surface area contributed by atoms with E-state index < -0.39 is 26.9 Å². The summed E-state index contributed by atoms with van der Waals surface area (Å²) in [6.07, 6.45) is 5.93. The Labute approximate surface area is 170 Å². The highest BCUT2D eigenvalue weighted by Gasteiger charge is 2.31. The van der Waals surface area contributed by atoms with Gasteiger partial charge in [-0.05, 0) is 32.3 Å². The van der Waals surface area contributed by atoms with E-state index in [9.17, 15) is 23.3 Å². The molecule has 0 bridgehead atoms. The molecule has 1 aliphatic carbocycles. The number of anilines is 1. The second kappa shape index (κ2) is 9.60. The number of nitrogens with one attached hydrogen (secondary N) is 1. The molecule has 1 N–H and O–H groups in total. The van der Waals surface area contributed by atoms with Crippen LogP contribution in [0.3, 0.4) is 0 Å². The number of carbonyl (C=O) groups excluding carboxylic acids is 1. The number of benzene rings is 1. The highest BCUT2D eigenvalue weighted by Crippen LogP contribution is 2.30. The van der Waals surface area contributed by atoms with Crippen LogP contribution in [-0.2, 0) is 14.8 Å². The summed E-state index contributed by atoms with van der Waals surface area (Å²) < 4.78 is 25.7. The van der Waals surface area contributed by atoms with E-state index in [-0.39, 0.29) is 11.4 Å². The average Bonchev–Trinajstić information content (AvgIpc) is 3.12. The Morgan fingerprint density at radius 1 is 1.39 bits per heavy atom. The van der Waals surface area contributed by atoms with E-state index in [0.717, 1.165) is 16.3 Å². The largest absolute Gasteiger partial charge is 0.353 e. The van der Waals surface area contributed by atoms with E-state index in [1.54, 1.807) is 6.92 Å². The topological polar surface area (TPSA) is 110 Å². The predicted octanol–water partition coefficient (Wildman–Crippen LogP) is 2.85. The van der Waals surface area contributed by atoms with Crippen LogP contribution >= 0.6 is 11.8 Å². The van der Waals surface area contributed by atoms with Crippen molar-refractivity contribution in [3.05, 3.63) is 33.9 Å². The van der Waals surface area contributed by atoms with Crippen LogP contribution in [0.15, 0.2) is 18.2 Å². The van der Waals surface area contributed by atoms with Crippen molar-refractivity contribution in [3.63, 3.8) is 0 Å². The molecule has 8 nitrogen and oxygen atoms in total. The second-order valence-electron chi connectivity index (χ2n) is 7.03. The number of nitro groups is 1. The van der Waals surface area contributed by atoms with E-state index in [2.05, 4.69) is 5.32 Å². The number of amides is 1. The van der Waals surface area contributed by atoms with Crippen molar-refractivity contribution in [2.45, 2.75) is 50.8 Å². The Kier molecular flexibility index (Phi) is 7.70. The van der Waals surface area contributed by atoms with Crippen molar-refractivity contribution in [1.82, 2.24) is 5.32 Å². The maximum absolute atomic E-state index is 12.6. The number of nitrogens with zero attached hydrogens (tertiary/aromatic N) is 2. The van der Waals surface area contributed by atoms with Gasteiger partial charge in [-0.3, -0.25) is 19.2 Å². The first-order valence-corrected chi connectivity index (χ1v) is 12.1. The fourth-order valence-corrected chi connectivity index (χ4v) is 5.78. The third-order valence-electron chi connectivity index (χ3n) is 4.79. The van der Waals surface area contributed by atoms with Crippen LogP contribution < -0.4 is 9.62 Å². The third-order valence-corrected chi connectivity index (χ3v) is 7.40. The van der Waals surface area contributed by atoms with Crippen molar-refractivity contribution < 1.29 is 18.1 Å². The minimum atomic E-state index is -3.83. The molecule has 0 aliphatic heterocycles. The molecule has 0 spiro atoms. The van der Waals surface area contributed by atoms with Gasteiger partial charge in [0.2, 0.25) is 15.9 Å². The van der Waals surface area contributed by atoms with Crippen LogP contribution in [0.1, 0.15) is 38.2 Å². The molecule has 1 amide bonds. The summed E-state index contributed by atoms with van der Waals surface area (Å²) in [5.74, 6) is 0.348. The summed E-state index contributed by atoms with van der Waals surface area (Å²) in [6.45, 7) is 3.59. The lowest BCUT2D eigenvalue weighted by molar-refractivity contribution is -0.384. The monoisotopic (exact) mass is 429 g/mol. The molecule has 1 unspecified atom stereocenters. The number of carbonyl (C=O) groups is 1. The molecular formula is C18H27N3O5S2. The lowest BCUT2D eigenvalue weighted by Crippen LogP contribution is -2.48. The molecule has 1 fully saturated rings. The van der Waals surface area contributed by atoms with Gasteiger partial charge in [-0.2, -0.15) is 11.8 Å². The number of hydrogen-bond donors (Lipinski definition) is 1. The quantitative estimate of drug-likeness (QED) is 0.367. The number of nitro benzene ring substituents is 1. The highest BCUT2D eigenvalue weighted by molar-refractivity contribution is 7.99. The van der Waals surface area contributed by atoms with Gasteiger partial charge in [0.25, 0.3) is 5.69 Å². The van der Waals surface area contributed by atoms with Gasteiger partial charge in [0.15, 0.2) is 0 Å². The Bertz CT molecular complexity index is 823. The fraction of sp³-hybridized carbons (Fsp3) is 0.611. The van der Waals surface area contributed by atoms with Gasteiger partial charge in [0, 0.05) is 29.7 Å². The van der Waals surface area contributed by atoms with Crippen molar-refractivity contribution >= 4 is 39.1 Å². The van der Waals surface area contributed by atoms with E-state index in [1.807, 2.05) is 11.8 Å². The van der Waals surface area contributed by atoms with Crippen LogP contribution in [0, 0.1) is 17.0 Å². The molecule has 1 atom stereocenters. The maximum atomic E-state index is 12.6. The molecule has 2 rings (SSSR count). The number of sulfonamides is 1. The Morgan fingerprint density at radius 2 is 2.04 bits per heavy atom. The van der Waals surface area contributed by atoms with E-state index in [4.69, 9.17) is 0 Å². The molecule has 156 valence electrons. The van der Waals surface area contributed by atoms with E-state index >= 15 is 0 Å². The summed E-state index contributed by atoms with van der Waals surface area (Å²) in [7, 11) is -3.83. The van der Waals surface area contributed by atoms with Gasteiger partial charge >= 0.3 is 0 Å². The maximum Gasteiger partial charge on any atom is 0.271 e. The van der Waals surface area contributed by atoms with Gasteiger partial charge < -0.3 is 5.32 Å². The first kappa shape index (κ1) is 22.5. The van der Waals surface area contributed by atoms with Crippen molar-refractivity contribution in [1.29, 1.82) is 0 Å². The summed E-state index contributed by atoms with van der Waals surface area (Å²) in [5, 5.41) is 14.5. The number of aryl methyl sites for hydroxylation is 1. The zero-order chi connectivity index (χ0) is 20.9. The van der Waals surface area contributed by atoms with Gasteiger partial charge in [-0.1, -0.05) is 18.9 Å². The molecule has 0 saturated heterocycles. The normalized spacial score (nSPS) is 16.0. The lowest BCUT2D eigenvalue weighted by atomic mass is 10.1. The minimum Gasteiger partial charge on any atom is -0.353 e. The molecule has 1 aromatic rings. The van der Waals surface area contributed by atoms with Crippen LogP contribution in [0.2, 0.25) is 0 Å². The number of rotatable bonds is 9. The highest BCUT2D eigenvalue weighted by atomic mass is 32.2. The smallest absolute Gasteiger partial charge is 0.271 e. The summed E-state index contributed by atoms with van der Waals surface area (Å²) in [4.78, 5) is 23.1. The van der Waals surface area contributed by atoms with Crippen molar-refractivity contribution in [2.75, 3.05) is 22.9 Å². The molecular weight excluding hydrogens is 402 g/mol. The Morgan fingerprint density at radius 3 is 2.61 bits per heavy atom. The van der Waals surface area contributed by atoms with Crippen LogP contribution in [0.4, 0.5) is 11.4 Å². The molecule has 28 heavy (non-hydrogen) atoms. The standard InChI is InChI=1S/C18H27N3O5S2/c1-13-8-9-15(21(23)24)12-17(13)20(28(3,25)26)14(2)18(22)19-10-11-27-16-6-4-5-7-16/h8-9,12,14,16H,4-7,10-11H2,1-3H3,(H,19,22). The Hall–Kier alpha value is -1.81. The van der Waals surface area contributed by atoms with Crippen molar-refractivity contribution in [3.8, 4) is 0 Å². The first-order valence-electron chi connectivity index (χ1n) is 9.25. The zero-order valence-corrected chi connectivity index (χ0v) is 18.0.